The molecule has 2 aromatic carbocycles. The Balaban J connectivity index is 2.01. The van der Waals surface area contributed by atoms with E-state index in [4.69, 9.17) is 27.9 Å². The van der Waals surface area contributed by atoms with Crippen LogP contribution in [0.5, 0.6) is 5.75 Å². The van der Waals surface area contributed by atoms with Crippen molar-refractivity contribution >= 4 is 51.6 Å². The highest BCUT2D eigenvalue weighted by Crippen LogP contribution is 2.23. The molecule has 0 aliphatic rings. The van der Waals surface area contributed by atoms with Gasteiger partial charge in [-0.25, -0.2) is 0 Å². The molecule has 2 nitrogen and oxygen atoms in total. The van der Waals surface area contributed by atoms with E-state index in [2.05, 4.69) is 22.6 Å². The van der Waals surface area contributed by atoms with Crippen molar-refractivity contribution in [3.63, 3.8) is 0 Å². The Morgan fingerprint density at radius 2 is 1.74 bits per heavy atom. The van der Waals surface area contributed by atoms with Crippen LogP contribution in [0.4, 0.5) is 0 Å². The number of carbonyl (C=O) groups is 1. The van der Waals surface area contributed by atoms with Crippen molar-refractivity contribution in [2.24, 2.45) is 0 Å². The zero-order valence-corrected chi connectivity index (χ0v) is 13.4. The molecule has 0 fully saturated rings. The number of carbonyl (C=O) groups excluding carboxylic acids is 1. The van der Waals surface area contributed by atoms with Crippen molar-refractivity contribution in [1.82, 2.24) is 0 Å². The predicted octanol–water partition coefficient (Wildman–Crippen LogP) is 4.86. The number of Topliss-reactive ketones (excluding diaryl/α,β-unsaturated/α-hetero) is 1. The number of benzene rings is 2. The summed E-state index contributed by atoms with van der Waals surface area (Å²) in [7, 11) is 0. The van der Waals surface area contributed by atoms with Gasteiger partial charge in [-0.05, 0) is 65.1 Å². The molecule has 0 N–H and O–H groups in total. The van der Waals surface area contributed by atoms with Crippen LogP contribution in [0.3, 0.4) is 0 Å². The van der Waals surface area contributed by atoms with E-state index in [1.165, 1.54) is 0 Å². The van der Waals surface area contributed by atoms with Gasteiger partial charge in [0, 0.05) is 9.13 Å². The maximum atomic E-state index is 11.9. The van der Waals surface area contributed by atoms with Gasteiger partial charge >= 0.3 is 0 Å². The van der Waals surface area contributed by atoms with Crippen LogP contribution in [0.25, 0.3) is 0 Å². The molecule has 0 amide bonds. The largest absolute Gasteiger partial charge is 0.485 e. The third-order valence-electron chi connectivity index (χ3n) is 2.43. The average Bonchev–Trinajstić information content (AvgIpc) is 2.41. The number of ketones is 1. The first-order valence-electron chi connectivity index (χ1n) is 5.43. The number of rotatable bonds is 4. The molecule has 2 aromatic rings. The minimum absolute atomic E-state index is 0.0292. The van der Waals surface area contributed by atoms with Crippen LogP contribution in [0, 0.1) is 3.57 Å². The number of ether oxygens (including phenoxy) is 1. The second-order valence-electron chi connectivity index (χ2n) is 3.79. The second kappa shape index (κ2) is 6.59. The van der Waals surface area contributed by atoms with E-state index in [1.807, 2.05) is 24.3 Å². The van der Waals surface area contributed by atoms with Gasteiger partial charge in [-0.1, -0.05) is 23.2 Å². The van der Waals surface area contributed by atoms with Gasteiger partial charge in [-0.3, -0.25) is 4.79 Å². The van der Waals surface area contributed by atoms with Crippen LogP contribution in [-0.4, -0.2) is 12.4 Å². The van der Waals surface area contributed by atoms with Gasteiger partial charge in [0.25, 0.3) is 0 Å². The van der Waals surface area contributed by atoms with Crippen molar-refractivity contribution in [2.45, 2.75) is 0 Å². The van der Waals surface area contributed by atoms with Gasteiger partial charge in [0.1, 0.15) is 5.75 Å². The standard InChI is InChI=1S/C14H9Cl2IO2/c15-12-6-1-9(7-13(12)16)14(18)8-19-11-4-2-10(17)3-5-11/h1-7H,8H2. The van der Waals surface area contributed by atoms with E-state index in [1.54, 1.807) is 18.2 Å². The summed E-state index contributed by atoms with van der Waals surface area (Å²) in [6.45, 7) is -0.0292. The number of hydrogen-bond donors (Lipinski definition) is 0. The van der Waals surface area contributed by atoms with Gasteiger partial charge < -0.3 is 4.74 Å². The van der Waals surface area contributed by atoms with Crippen LogP contribution in [0.2, 0.25) is 10.0 Å². The summed E-state index contributed by atoms with van der Waals surface area (Å²) in [5.74, 6) is 0.519. The fourth-order valence-corrected chi connectivity index (χ4v) is 2.09. The van der Waals surface area contributed by atoms with Crippen LogP contribution >= 0.6 is 45.8 Å². The Hall–Kier alpha value is -0.780. The SMILES string of the molecule is O=C(COc1ccc(I)cc1)c1ccc(Cl)c(Cl)c1. The lowest BCUT2D eigenvalue weighted by molar-refractivity contribution is 0.0921. The Labute approximate surface area is 134 Å². The minimum atomic E-state index is -0.142. The first-order chi connectivity index (χ1) is 9.06. The van der Waals surface area contributed by atoms with E-state index in [0.717, 1.165) is 3.57 Å². The molecule has 0 aliphatic carbocycles. The normalized spacial score (nSPS) is 10.3. The van der Waals surface area contributed by atoms with Crippen LogP contribution in [0.1, 0.15) is 10.4 Å². The molecule has 0 aliphatic heterocycles. The monoisotopic (exact) mass is 406 g/mol. The van der Waals surface area contributed by atoms with E-state index in [9.17, 15) is 4.79 Å². The Bertz CT molecular complexity index is 597. The third-order valence-corrected chi connectivity index (χ3v) is 3.88. The quantitative estimate of drug-likeness (QED) is 0.535. The third kappa shape index (κ3) is 4.09. The molecule has 5 heteroatoms. The van der Waals surface area contributed by atoms with Gasteiger partial charge in [0.2, 0.25) is 0 Å². The van der Waals surface area contributed by atoms with Crippen molar-refractivity contribution < 1.29 is 9.53 Å². The Morgan fingerprint density at radius 1 is 1.05 bits per heavy atom. The molecule has 0 atom stereocenters. The van der Waals surface area contributed by atoms with Crippen molar-refractivity contribution in [3.05, 3.63) is 61.6 Å². The molecule has 98 valence electrons. The lowest BCUT2D eigenvalue weighted by atomic mass is 10.1. The first-order valence-corrected chi connectivity index (χ1v) is 7.26. The summed E-state index contributed by atoms with van der Waals surface area (Å²) in [4.78, 5) is 11.9. The molecule has 0 heterocycles. The topological polar surface area (TPSA) is 26.3 Å². The number of halogens is 3. The molecule has 0 radical (unpaired) electrons. The molecule has 0 unspecified atom stereocenters. The van der Waals surface area contributed by atoms with Crippen molar-refractivity contribution in [2.75, 3.05) is 6.61 Å². The smallest absolute Gasteiger partial charge is 0.200 e. The fraction of sp³-hybridized carbons (Fsp3) is 0.0714. The minimum Gasteiger partial charge on any atom is -0.485 e. The molecular weight excluding hydrogens is 398 g/mol. The summed E-state index contributed by atoms with van der Waals surface area (Å²) in [6, 6.07) is 12.3. The van der Waals surface area contributed by atoms with Crippen molar-refractivity contribution in [3.8, 4) is 5.75 Å². The highest BCUT2D eigenvalue weighted by Gasteiger charge is 2.09. The second-order valence-corrected chi connectivity index (χ2v) is 5.85. The highest BCUT2D eigenvalue weighted by molar-refractivity contribution is 14.1. The van der Waals surface area contributed by atoms with E-state index in [0.29, 0.717) is 21.4 Å². The molecule has 0 aromatic heterocycles. The summed E-state index contributed by atoms with van der Waals surface area (Å²) >= 11 is 13.9. The summed E-state index contributed by atoms with van der Waals surface area (Å²) in [5, 5.41) is 0.790. The molecule has 2 rings (SSSR count). The number of hydrogen-bond acceptors (Lipinski definition) is 2. The van der Waals surface area contributed by atoms with Gasteiger partial charge in [0.15, 0.2) is 12.4 Å². The summed E-state index contributed by atoms with van der Waals surface area (Å²) < 4.78 is 6.53. The lowest BCUT2D eigenvalue weighted by Gasteiger charge is -2.06. The Kier molecular flexibility index (Phi) is 5.07. The zero-order chi connectivity index (χ0) is 13.8. The molecule has 0 saturated carbocycles. The average molecular weight is 407 g/mol. The molecular formula is C14H9Cl2IO2. The maximum absolute atomic E-state index is 11.9. The maximum Gasteiger partial charge on any atom is 0.200 e. The molecule has 0 spiro atoms. The lowest BCUT2D eigenvalue weighted by Crippen LogP contribution is -2.11. The van der Waals surface area contributed by atoms with Gasteiger partial charge in [-0.2, -0.15) is 0 Å². The summed E-state index contributed by atoms with van der Waals surface area (Å²) in [6.07, 6.45) is 0. The highest BCUT2D eigenvalue weighted by atomic mass is 127. The van der Waals surface area contributed by atoms with Gasteiger partial charge in [-0.15, -0.1) is 0 Å². The van der Waals surface area contributed by atoms with Crippen LogP contribution < -0.4 is 4.74 Å². The van der Waals surface area contributed by atoms with Crippen LogP contribution in [0.15, 0.2) is 42.5 Å². The van der Waals surface area contributed by atoms with E-state index in [-0.39, 0.29) is 12.4 Å². The zero-order valence-electron chi connectivity index (χ0n) is 9.70. The van der Waals surface area contributed by atoms with E-state index >= 15 is 0 Å². The van der Waals surface area contributed by atoms with E-state index < -0.39 is 0 Å². The first kappa shape index (κ1) is 14.6. The molecule has 19 heavy (non-hydrogen) atoms. The Morgan fingerprint density at radius 3 is 2.37 bits per heavy atom. The van der Waals surface area contributed by atoms with Crippen molar-refractivity contribution in [1.29, 1.82) is 0 Å². The van der Waals surface area contributed by atoms with Gasteiger partial charge in [0.05, 0.1) is 10.0 Å². The molecule has 0 bridgehead atoms. The van der Waals surface area contributed by atoms with Crippen LogP contribution in [-0.2, 0) is 0 Å². The fourth-order valence-electron chi connectivity index (χ4n) is 1.43. The summed E-state index contributed by atoms with van der Waals surface area (Å²) in [5.41, 5.74) is 0.486. The predicted molar refractivity (Wildman–Crippen MR) is 85.4 cm³/mol. The molecule has 0 saturated heterocycles.